The van der Waals surface area contributed by atoms with E-state index in [0.29, 0.717) is 35.8 Å². The molecule has 5 nitrogen and oxygen atoms in total. The van der Waals surface area contributed by atoms with E-state index in [0.717, 1.165) is 22.6 Å². The normalized spacial score (nSPS) is 20.8. The number of hydrogen-bond acceptors (Lipinski definition) is 4. The van der Waals surface area contributed by atoms with E-state index in [-0.39, 0.29) is 17.9 Å². The Kier molecular flexibility index (Phi) is 6.20. The second-order valence-corrected chi connectivity index (χ2v) is 10.9. The minimum atomic E-state index is -3.50. The lowest BCUT2D eigenvalue weighted by Gasteiger charge is -2.32. The number of hydrogen-bond donors (Lipinski definition) is 1. The summed E-state index contributed by atoms with van der Waals surface area (Å²) in [6, 6.07) is 14.2. The fourth-order valence-corrected chi connectivity index (χ4v) is 6.68. The lowest BCUT2D eigenvalue weighted by Crippen LogP contribution is -2.44. The monoisotopic (exact) mass is 450 g/mol. The number of carbonyl (C=O) groups excluding carboxylic acids is 1. The number of halogens is 1. The molecule has 2 aromatic rings. The summed E-state index contributed by atoms with van der Waals surface area (Å²) in [7, 11) is -3.50. The van der Waals surface area contributed by atoms with Crippen LogP contribution in [0, 0.1) is 5.92 Å². The molecule has 1 amide bonds. The smallest absolute Gasteiger partial charge is 0.243 e. The van der Waals surface area contributed by atoms with Gasteiger partial charge in [0.15, 0.2) is 0 Å². The Morgan fingerprint density at radius 2 is 1.79 bits per heavy atom. The van der Waals surface area contributed by atoms with Gasteiger partial charge in [-0.1, -0.05) is 29.8 Å². The van der Waals surface area contributed by atoms with Crippen LogP contribution in [-0.4, -0.2) is 37.5 Å². The second kappa shape index (κ2) is 8.68. The minimum absolute atomic E-state index is 0.00424. The zero-order valence-corrected chi connectivity index (χ0v) is 18.3. The number of piperidine rings is 1. The summed E-state index contributed by atoms with van der Waals surface area (Å²) in [5.41, 5.74) is 1.08. The Hall–Kier alpha value is -1.54. The van der Waals surface area contributed by atoms with Crippen LogP contribution in [0.5, 0.6) is 0 Å². The van der Waals surface area contributed by atoms with Gasteiger partial charge in [-0.2, -0.15) is 4.31 Å². The van der Waals surface area contributed by atoms with Crippen LogP contribution >= 0.6 is 23.4 Å². The first kappa shape index (κ1) is 20.7. The van der Waals surface area contributed by atoms with E-state index < -0.39 is 10.0 Å². The number of carbonyl (C=O) groups is 1. The van der Waals surface area contributed by atoms with Crippen molar-refractivity contribution < 1.29 is 13.2 Å². The largest absolute Gasteiger partial charge is 0.349 e. The lowest BCUT2D eigenvalue weighted by atomic mass is 9.95. The minimum Gasteiger partial charge on any atom is -0.349 e. The van der Waals surface area contributed by atoms with Gasteiger partial charge in [0, 0.05) is 34.7 Å². The highest BCUT2D eigenvalue weighted by Crippen LogP contribution is 2.38. The van der Waals surface area contributed by atoms with Gasteiger partial charge in [-0.25, -0.2) is 8.42 Å². The van der Waals surface area contributed by atoms with Gasteiger partial charge in [0.1, 0.15) is 0 Å². The Balaban J connectivity index is 1.39. The summed E-state index contributed by atoms with van der Waals surface area (Å²) >= 11 is 7.93. The standard InChI is InChI=1S/C21H23ClN2O3S2/c22-16-6-7-20-18(14-16)19(10-13-28-20)23-21(25)15-8-11-24(12-9-15)29(26,27)17-4-2-1-3-5-17/h1-7,14-15,19H,8-13H2,(H,23,25)/t19-/m0/s1. The molecule has 0 aliphatic carbocycles. The van der Waals surface area contributed by atoms with Crippen molar-refractivity contribution in [2.45, 2.75) is 35.1 Å². The molecule has 2 heterocycles. The fraction of sp³-hybridized carbons (Fsp3) is 0.381. The van der Waals surface area contributed by atoms with E-state index in [9.17, 15) is 13.2 Å². The molecule has 2 aliphatic rings. The molecule has 1 N–H and O–H groups in total. The van der Waals surface area contributed by atoms with Crippen molar-refractivity contribution in [1.29, 1.82) is 0 Å². The fourth-order valence-electron chi connectivity index (χ4n) is 3.90. The van der Waals surface area contributed by atoms with Gasteiger partial charge in [-0.05, 0) is 55.2 Å². The van der Waals surface area contributed by atoms with Crippen LogP contribution in [0.15, 0.2) is 58.3 Å². The summed E-state index contributed by atoms with van der Waals surface area (Å²) in [6.45, 7) is 0.719. The predicted octanol–water partition coefficient (Wildman–Crippen LogP) is 4.09. The number of amides is 1. The van der Waals surface area contributed by atoms with Crippen LogP contribution in [0.25, 0.3) is 0 Å². The molecule has 2 aromatic carbocycles. The van der Waals surface area contributed by atoms with E-state index >= 15 is 0 Å². The number of benzene rings is 2. The van der Waals surface area contributed by atoms with Crippen LogP contribution in [0.4, 0.5) is 0 Å². The Morgan fingerprint density at radius 1 is 1.07 bits per heavy atom. The van der Waals surface area contributed by atoms with Crippen LogP contribution < -0.4 is 5.32 Å². The van der Waals surface area contributed by atoms with Gasteiger partial charge in [-0.3, -0.25) is 4.79 Å². The maximum atomic E-state index is 12.9. The summed E-state index contributed by atoms with van der Waals surface area (Å²) < 4.78 is 27.0. The third-order valence-corrected chi connectivity index (χ3v) is 8.80. The van der Waals surface area contributed by atoms with Gasteiger partial charge in [0.2, 0.25) is 15.9 Å². The van der Waals surface area contributed by atoms with Crippen LogP contribution in [0.1, 0.15) is 30.9 Å². The van der Waals surface area contributed by atoms with E-state index in [1.165, 1.54) is 4.31 Å². The third-order valence-electron chi connectivity index (χ3n) is 5.53. The Bertz CT molecular complexity index is 990. The molecule has 4 rings (SSSR count). The topological polar surface area (TPSA) is 66.5 Å². The van der Waals surface area contributed by atoms with Gasteiger partial charge >= 0.3 is 0 Å². The van der Waals surface area contributed by atoms with Gasteiger partial charge in [0.25, 0.3) is 0 Å². The van der Waals surface area contributed by atoms with Crippen molar-refractivity contribution in [3.8, 4) is 0 Å². The van der Waals surface area contributed by atoms with Crippen molar-refractivity contribution in [3.63, 3.8) is 0 Å². The molecule has 29 heavy (non-hydrogen) atoms. The highest BCUT2D eigenvalue weighted by molar-refractivity contribution is 7.99. The number of thioether (sulfide) groups is 1. The number of nitrogens with one attached hydrogen (secondary N) is 1. The van der Waals surface area contributed by atoms with Gasteiger partial charge in [-0.15, -0.1) is 11.8 Å². The third kappa shape index (κ3) is 4.48. The zero-order valence-electron chi connectivity index (χ0n) is 15.9. The number of sulfonamides is 1. The number of fused-ring (bicyclic) bond motifs is 1. The molecule has 0 spiro atoms. The maximum absolute atomic E-state index is 12.9. The first-order valence-electron chi connectivity index (χ1n) is 9.73. The van der Waals surface area contributed by atoms with Crippen LogP contribution in [0.3, 0.4) is 0 Å². The Morgan fingerprint density at radius 3 is 2.52 bits per heavy atom. The van der Waals surface area contributed by atoms with Crippen LogP contribution in [-0.2, 0) is 14.8 Å². The summed E-state index contributed by atoms with van der Waals surface area (Å²) in [5, 5.41) is 3.85. The zero-order chi connectivity index (χ0) is 20.4. The molecule has 0 saturated carbocycles. The molecule has 1 atom stereocenters. The summed E-state index contributed by atoms with van der Waals surface area (Å²) in [4.78, 5) is 14.3. The van der Waals surface area contributed by atoms with Crippen molar-refractivity contribution in [1.82, 2.24) is 9.62 Å². The highest BCUT2D eigenvalue weighted by Gasteiger charge is 2.33. The molecule has 0 aromatic heterocycles. The molecule has 8 heteroatoms. The Labute approximate surface area is 180 Å². The molecule has 0 radical (unpaired) electrons. The van der Waals surface area contributed by atoms with Crippen LogP contribution in [0.2, 0.25) is 5.02 Å². The lowest BCUT2D eigenvalue weighted by molar-refractivity contribution is -0.126. The average molecular weight is 451 g/mol. The molecule has 0 bridgehead atoms. The van der Waals surface area contributed by atoms with Gasteiger partial charge in [0.05, 0.1) is 10.9 Å². The van der Waals surface area contributed by atoms with Crippen molar-refractivity contribution >= 4 is 39.3 Å². The van der Waals surface area contributed by atoms with E-state index in [1.807, 2.05) is 18.2 Å². The highest BCUT2D eigenvalue weighted by atomic mass is 35.5. The molecule has 0 unspecified atom stereocenters. The van der Waals surface area contributed by atoms with E-state index in [2.05, 4.69) is 5.32 Å². The quantitative estimate of drug-likeness (QED) is 0.761. The molecular formula is C21H23ClN2O3S2. The van der Waals surface area contributed by atoms with Crippen molar-refractivity contribution in [2.24, 2.45) is 5.92 Å². The summed E-state index contributed by atoms with van der Waals surface area (Å²) in [5.74, 6) is 0.784. The molecule has 1 saturated heterocycles. The molecular weight excluding hydrogens is 428 g/mol. The summed E-state index contributed by atoms with van der Waals surface area (Å²) in [6.07, 6.45) is 1.93. The second-order valence-electron chi connectivity index (χ2n) is 7.37. The number of nitrogens with zero attached hydrogens (tertiary/aromatic N) is 1. The van der Waals surface area contributed by atoms with Gasteiger partial charge < -0.3 is 5.32 Å². The van der Waals surface area contributed by atoms with Crippen molar-refractivity contribution in [2.75, 3.05) is 18.8 Å². The SMILES string of the molecule is O=C(N[C@H]1CCSc2ccc(Cl)cc21)C1CCN(S(=O)(=O)c2ccccc2)CC1. The molecule has 154 valence electrons. The first-order valence-corrected chi connectivity index (χ1v) is 12.5. The molecule has 1 fully saturated rings. The number of rotatable bonds is 4. The first-order chi connectivity index (χ1) is 13.9. The predicted molar refractivity (Wildman–Crippen MR) is 116 cm³/mol. The maximum Gasteiger partial charge on any atom is 0.243 e. The average Bonchev–Trinajstić information content (AvgIpc) is 2.75. The van der Waals surface area contributed by atoms with E-state index in [1.54, 1.807) is 42.1 Å². The van der Waals surface area contributed by atoms with E-state index in [4.69, 9.17) is 11.6 Å². The van der Waals surface area contributed by atoms with Crippen molar-refractivity contribution in [3.05, 3.63) is 59.1 Å². The molecule has 2 aliphatic heterocycles.